The van der Waals surface area contributed by atoms with E-state index < -0.39 is 0 Å². The van der Waals surface area contributed by atoms with E-state index in [1.807, 2.05) is 11.0 Å². The van der Waals surface area contributed by atoms with Gasteiger partial charge in [-0.1, -0.05) is 54.6 Å². The van der Waals surface area contributed by atoms with Crippen molar-refractivity contribution in [3.8, 4) is 0 Å². The number of hydrogen-bond acceptors (Lipinski definition) is 2. The van der Waals surface area contributed by atoms with Gasteiger partial charge in [0.05, 0.1) is 6.04 Å². The zero-order valence-corrected chi connectivity index (χ0v) is 12.8. The first-order valence-corrected chi connectivity index (χ1v) is 7.91. The van der Waals surface area contributed by atoms with E-state index in [2.05, 4.69) is 53.4 Å². The Hall–Kier alpha value is -2.13. The van der Waals surface area contributed by atoms with Crippen molar-refractivity contribution in [2.45, 2.75) is 25.6 Å². The molecule has 112 valence electrons. The molecule has 2 atom stereocenters. The highest BCUT2D eigenvalue weighted by Gasteiger charge is 2.44. The molecule has 22 heavy (non-hydrogen) atoms. The van der Waals surface area contributed by atoms with Gasteiger partial charge in [-0.25, -0.2) is 0 Å². The van der Waals surface area contributed by atoms with Gasteiger partial charge in [-0.05, 0) is 23.1 Å². The summed E-state index contributed by atoms with van der Waals surface area (Å²) < 4.78 is 0. The fourth-order valence-corrected chi connectivity index (χ4v) is 3.93. The van der Waals surface area contributed by atoms with Crippen molar-refractivity contribution in [2.24, 2.45) is 0 Å². The van der Waals surface area contributed by atoms with Gasteiger partial charge in [0, 0.05) is 20.0 Å². The maximum absolute atomic E-state index is 12.2. The van der Waals surface area contributed by atoms with E-state index in [1.54, 1.807) is 6.92 Å². The van der Waals surface area contributed by atoms with Crippen molar-refractivity contribution in [3.05, 3.63) is 71.3 Å². The third-order valence-electron chi connectivity index (χ3n) is 4.93. The molecule has 0 saturated carbocycles. The minimum atomic E-state index is 0.0667. The highest BCUT2D eigenvalue weighted by Crippen LogP contribution is 2.44. The SMILES string of the molecule is CC(=O)N1C[C@H]2c3ccccc3CCN2[C@@H]1c1ccccc1. The first-order chi connectivity index (χ1) is 10.8. The van der Waals surface area contributed by atoms with Crippen molar-refractivity contribution in [1.29, 1.82) is 0 Å². The molecular formula is C19H20N2O. The van der Waals surface area contributed by atoms with Crippen molar-refractivity contribution in [3.63, 3.8) is 0 Å². The molecule has 0 bridgehead atoms. The van der Waals surface area contributed by atoms with E-state index in [4.69, 9.17) is 0 Å². The van der Waals surface area contributed by atoms with Crippen LogP contribution in [0.15, 0.2) is 54.6 Å². The fraction of sp³-hybridized carbons (Fsp3) is 0.316. The molecule has 0 aromatic heterocycles. The van der Waals surface area contributed by atoms with Crippen molar-refractivity contribution >= 4 is 5.91 Å². The highest BCUT2D eigenvalue weighted by atomic mass is 16.2. The van der Waals surface area contributed by atoms with Gasteiger partial charge in [0.25, 0.3) is 0 Å². The van der Waals surface area contributed by atoms with E-state index in [0.717, 1.165) is 19.5 Å². The van der Waals surface area contributed by atoms with Crippen molar-refractivity contribution in [2.75, 3.05) is 13.1 Å². The van der Waals surface area contributed by atoms with Gasteiger partial charge in [0.1, 0.15) is 6.17 Å². The minimum Gasteiger partial charge on any atom is -0.321 e. The van der Waals surface area contributed by atoms with Gasteiger partial charge in [-0.2, -0.15) is 0 Å². The van der Waals surface area contributed by atoms with Gasteiger partial charge in [-0.15, -0.1) is 0 Å². The Balaban J connectivity index is 1.78. The molecule has 3 heteroatoms. The van der Waals surface area contributed by atoms with Crippen LogP contribution < -0.4 is 0 Å². The van der Waals surface area contributed by atoms with Crippen LogP contribution in [0, 0.1) is 0 Å². The molecule has 0 unspecified atom stereocenters. The predicted octanol–water partition coefficient (Wildman–Crippen LogP) is 3.15. The van der Waals surface area contributed by atoms with Crippen LogP contribution in [-0.4, -0.2) is 28.8 Å². The van der Waals surface area contributed by atoms with Gasteiger partial charge in [0.2, 0.25) is 5.91 Å². The number of nitrogens with zero attached hydrogens (tertiary/aromatic N) is 2. The second-order valence-electron chi connectivity index (χ2n) is 6.16. The molecular weight excluding hydrogens is 272 g/mol. The van der Waals surface area contributed by atoms with Gasteiger partial charge >= 0.3 is 0 Å². The molecule has 0 aliphatic carbocycles. The lowest BCUT2D eigenvalue weighted by molar-refractivity contribution is -0.131. The molecule has 0 spiro atoms. The Morgan fingerprint density at radius 2 is 1.77 bits per heavy atom. The average Bonchev–Trinajstić information content (AvgIpc) is 2.96. The molecule has 0 radical (unpaired) electrons. The van der Waals surface area contributed by atoms with Crippen LogP contribution in [0.1, 0.15) is 35.8 Å². The fourth-order valence-electron chi connectivity index (χ4n) is 3.93. The molecule has 2 aliphatic rings. The summed E-state index contributed by atoms with van der Waals surface area (Å²) in [5.74, 6) is 0.153. The monoisotopic (exact) mass is 292 g/mol. The lowest BCUT2D eigenvalue weighted by Crippen LogP contribution is -2.36. The first kappa shape index (κ1) is 13.5. The molecule has 2 aromatic rings. The predicted molar refractivity (Wildman–Crippen MR) is 86.2 cm³/mol. The quantitative estimate of drug-likeness (QED) is 0.806. The number of rotatable bonds is 1. The van der Waals surface area contributed by atoms with Crippen LogP contribution in [0.4, 0.5) is 0 Å². The molecule has 3 nitrogen and oxygen atoms in total. The molecule has 2 heterocycles. The summed E-state index contributed by atoms with van der Waals surface area (Å²) in [7, 11) is 0. The highest BCUT2D eigenvalue weighted by molar-refractivity contribution is 5.74. The summed E-state index contributed by atoms with van der Waals surface area (Å²) in [4.78, 5) is 16.7. The molecule has 4 rings (SSSR count). The van der Waals surface area contributed by atoms with Crippen molar-refractivity contribution in [1.82, 2.24) is 9.80 Å². The largest absolute Gasteiger partial charge is 0.321 e. The molecule has 0 N–H and O–H groups in total. The zero-order chi connectivity index (χ0) is 15.1. The van der Waals surface area contributed by atoms with Crippen LogP contribution in [-0.2, 0) is 11.2 Å². The van der Waals surface area contributed by atoms with Gasteiger partial charge in [-0.3, -0.25) is 9.69 Å². The number of amides is 1. The van der Waals surface area contributed by atoms with Crippen LogP contribution in [0.25, 0.3) is 0 Å². The van der Waals surface area contributed by atoms with Gasteiger partial charge in [0.15, 0.2) is 0 Å². The molecule has 2 aliphatic heterocycles. The molecule has 1 amide bonds. The standard InChI is InChI=1S/C19H20N2O/c1-14(22)21-13-18-17-10-6-5-7-15(17)11-12-20(18)19(21)16-8-3-2-4-9-16/h2-10,18-19H,11-13H2,1H3/t18-,19-/m0/s1. The minimum absolute atomic E-state index is 0.0667. The number of carbonyl (C=O) groups is 1. The smallest absolute Gasteiger partial charge is 0.221 e. The van der Waals surface area contributed by atoms with Gasteiger partial charge < -0.3 is 4.90 Å². The van der Waals surface area contributed by atoms with E-state index in [9.17, 15) is 4.79 Å². The second kappa shape index (κ2) is 5.25. The van der Waals surface area contributed by atoms with E-state index in [0.29, 0.717) is 6.04 Å². The Morgan fingerprint density at radius 1 is 1.05 bits per heavy atom. The Bertz CT molecular complexity index is 698. The average molecular weight is 292 g/mol. The topological polar surface area (TPSA) is 23.6 Å². The Kier molecular flexibility index (Phi) is 3.23. The summed E-state index contributed by atoms with van der Waals surface area (Å²) in [6, 6.07) is 19.4. The van der Waals surface area contributed by atoms with E-state index in [1.165, 1.54) is 16.7 Å². The zero-order valence-electron chi connectivity index (χ0n) is 12.8. The second-order valence-corrected chi connectivity index (χ2v) is 6.16. The van der Waals surface area contributed by atoms with Crippen LogP contribution in [0.3, 0.4) is 0 Å². The van der Waals surface area contributed by atoms with Crippen LogP contribution in [0.2, 0.25) is 0 Å². The van der Waals surface area contributed by atoms with E-state index in [-0.39, 0.29) is 12.1 Å². The molecule has 2 aromatic carbocycles. The normalized spacial score (nSPS) is 24.0. The molecule has 1 saturated heterocycles. The maximum atomic E-state index is 12.2. The number of carbonyl (C=O) groups excluding carboxylic acids is 1. The lowest BCUT2D eigenvalue weighted by atomic mass is 9.93. The maximum Gasteiger partial charge on any atom is 0.221 e. The number of benzene rings is 2. The lowest BCUT2D eigenvalue weighted by Gasteiger charge is -2.35. The Labute approximate surface area is 131 Å². The molecule has 1 fully saturated rings. The van der Waals surface area contributed by atoms with E-state index >= 15 is 0 Å². The summed E-state index contributed by atoms with van der Waals surface area (Å²) in [6.45, 7) is 3.47. The van der Waals surface area contributed by atoms with Crippen LogP contribution in [0.5, 0.6) is 0 Å². The summed E-state index contributed by atoms with van der Waals surface area (Å²) in [5.41, 5.74) is 4.03. The third kappa shape index (κ3) is 2.04. The van der Waals surface area contributed by atoms with Crippen molar-refractivity contribution < 1.29 is 4.79 Å². The summed E-state index contributed by atoms with van der Waals surface area (Å²) in [6.07, 6.45) is 1.12. The Morgan fingerprint density at radius 3 is 2.55 bits per heavy atom. The summed E-state index contributed by atoms with van der Waals surface area (Å²) in [5, 5.41) is 0. The van der Waals surface area contributed by atoms with Crippen LogP contribution >= 0.6 is 0 Å². The number of hydrogen-bond donors (Lipinski definition) is 0. The summed E-state index contributed by atoms with van der Waals surface area (Å²) >= 11 is 0. The number of fused-ring (bicyclic) bond motifs is 3. The first-order valence-electron chi connectivity index (χ1n) is 7.91. The third-order valence-corrected chi connectivity index (χ3v) is 4.93.